The van der Waals surface area contributed by atoms with Gasteiger partial charge in [0.05, 0.1) is 11.8 Å². The van der Waals surface area contributed by atoms with Crippen molar-refractivity contribution in [2.24, 2.45) is 0 Å². The number of aliphatic hydroxyl groups is 1. The Labute approximate surface area is 86.7 Å². The molecule has 0 amide bonds. The predicted molar refractivity (Wildman–Crippen MR) is 53.2 cm³/mol. The number of alkyl halides is 2. The van der Waals surface area contributed by atoms with Crippen LogP contribution in [0.15, 0.2) is 24.3 Å². The molecule has 0 saturated carbocycles. The molecular weight excluding hydrogens is 204 g/mol. The van der Waals surface area contributed by atoms with Gasteiger partial charge in [-0.3, -0.25) is 0 Å². The van der Waals surface area contributed by atoms with Crippen molar-refractivity contribution in [3.63, 3.8) is 0 Å². The fourth-order valence-electron chi connectivity index (χ4n) is 1.07. The number of halogens is 2. The molecule has 84 valence electrons. The molecule has 0 aliphatic carbocycles. The molecule has 1 aromatic rings. The van der Waals surface area contributed by atoms with Gasteiger partial charge in [0.15, 0.2) is 0 Å². The average Bonchev–Trinajstić information content (AvgIpc) is 2.15. The van der Waals surface area contributed by atoms with Gasteiger partial charge in [-0.1, -0.05) is 12.1 Å². The van der Waals surface area contributed by atoms with Gasteiger partial charge in [0.2, 0.25) is 0 Å². The van der Waals surface area contributed by atoms with E-state index in [1.54, 1.807) is 25.1 Å². The van der Waals surface area contributed by atoms with Crippen LogP contribution in [0.2, 0.25) is 0 Å². The highest BCUT2D eigenvalue weighted by Crippen LogP contribution is 2.25. The Morgan fingerprint density at radius 3 is 2.67 bits per heavy atom. The van der Waals surface area contributed by atoms with Crippen LogP contribution in [0, 0.1) is 0 Å². The van der Waals surface area contributed by atoms with Crippen molar-refractivity contribution in [1.82, 2.24) is 0 Å². The summed E-state index contributed by atoms with van der Waals surface area (Å²) in [7, 11) is 0. The lowest BCUT2D eigenvalue weighted by atomic mass is 10.3. The lowest BCUT2D eigenvalue weighted by molar-refractivity contribution is -0.0493. The monoisotopic (exact) mass is 217 g/mol. The Morgan fingerprint density at radius 2 is 2.07 bits per heavy atom. The highest BCUT2D eigenvalue weighted by molar-refractivity contribution is 5.56. The quantitative estimate of drug-likeness (QED) is 0.793. The normalized spacial score (nSPS) is 12.6. The molecule has 0 fully saturated rings. The number of nitrogens with one attached hydrogen (secondary N) is 1. The van der Waals surface area contributed by atoms with E-state index in [2.05, 4.69) is 10.1 Å². The number of rotatable bonds is 5. The molecule has 0 spiro atoms. The second-order valence-electron chi connectivity index (χ2n) is 3.10. The van der Waals surface area contributed by atoms with Gasteiger partial charge in [0.1, 0.15) is 5.75 Å². The SMILES string of the molecule is C[C@H](O)CNc1ccccc1OC(F)F. The highest BCUT2D eigenvalue weighted by atomic mass is 19.3. The van der Waals surface area contributed by atoms with E-state index in [1.165, 1.54) is 6.07 Å². The van der Waals surface area contributed by atoms with Gasteiger partial charge >= 0.3 is 6.61 Å². The fraction of sp³-hybridized carbons (Fsp3) is 0.400. The summed E-state index contributed by atoms with van der Waals surface area (Å²) in [4.78, 5) is 0. The van der Waals surface area contributed by atoms with Crippen LogP contribution >= 0.6 is 0 Å². The van der Waals surface area contributed by atoms with Crippen molar-refractivity contribution in [1.29, 1.82) is 0 Å². The third-order valence-corrected chi connectivity index (χ3v) is 1.69. The zero-order valence-corrected chi connectivity index (χ0v) is 8.28. The molecule has 1 aromatic carbocycles. The molecule has 0 bridgehead atoms. The molecule has 0 radical (unpaired) electrons. The van der Waals surface area contributed by atoms with Gasteiger partial charge in [-0.05, 0) is 19.1 Å². The summed E-state index contributed by atoms with van der Waals surface area (Å²) in [6.45, 7) is -0.966. The van der Waals surface area contributed by atoms with E-state index < -0.39 is 12.7 Å². The van der Waals surface area contributed by atoms with Crippen molar-refractivity contribution in [3.8, 4) is 5.75 Å². The molecule has 0 saturated heterocycles. The number of para-hydroxylation sites is 2. The second-order valence-corrected chi connectivity index (χ2v) is 3.10. The molecule has 5 heteroatoms. The lowest BCUT2D eigenvalue weighted by Crippen LogP contribution is -2.16. The third kappa shape index (κ3) is 4.12. The molecular formula is C10H13F2NO2. The average molecular weight is 217 g/mol. The number of hydrogen-bond acceptors (Lipinski definition) is 3. The Balaban J connectivity index is 2.68. The van der Waals surface area contributed by atoms with Crippen LogP contribution in [0.1, 0.15) is 6.92 Å². The van der Waals surface area contributed by atoms with Crippen LogP contribution in [0.5, 0.6) is 5.75 Å². The van der Waals surface area contributed by atoms with E-state index in [0.29, 0.717) is 5.69 Å². The van der Waals surface area contributed by atoms with E-state index in [0.717, 1.165) is 0 Å². The van der Waals surface area contributed by atoms with Crippen molar-refractivity contribution in [3.05, 3.63) is 24.3 Å². The maximum Gasteiger partial charge on any atom is 0.387 e. The van der Waals surface area contributed by atoms with Gasteiger partial charge in [0.25, 0.3) is 0 Å². The molecule has 0 aliphatic rings. The predicted octanol–water partition coefficient (Wildman–Crippen LogP) is 2.08. The number of ether oxygens (including phenoxy) is 1. The molecule has 3 nitrogen and oxygen atoms in total. The Kier molecular flexibility index (Phi) is 4.30. The van der Waals surface area contributed by atoms with Crippen LogP contribution in [-0.4, -0.2) is 24.4 Å². The molecule has 1 rings (SSSR count). The fourth-order valence-corrected chi connectivity index (χ4v) is 1.07. The summed E-state index contributed by atoms with van der Waals surface area (Å²) in [5.74, 6) is 0.0770. The maximum atomic E-state index is 12.0. The molecule has 15 heavy (non-hydrogen) atoms. The first-order valence-corrected chi connectivity index (χ1v) is 4.55. The number of hydrogen-bond donors (Lipinski definition) is 2. The van der Waals surface area contributed by atoms with E-state index in [1.807, 2.05) is 0 Å². The van der Waals surface area contributed by atoms with E-state index in [9.17, 15) is 8.78 Å². The van der Waals surface area contributed by atoms with Crippen LogP contribution in [0.25, 0.3) is 0 Å². The van der Waals surface area contributed by atoms with Gasteiger partial charge in [0, 0.05) is 6.54 Å². The summed E-state index contributed by atoms with van der Waals surface area (Å²) in [5, 5.41) is 11.8. The highest BCUT2D eigenvalue weighted by Gasteiger charge is 2.08. The third-order valence-electron chi connectivity index (χ3n) is 1.69. The smallest absolute Gasteiger partial charge is 0.387 e. The second kappa shape index (κ2) is 5.50. The van der Waals surface area contributed by atoms with Gasteiger partial charge in [-0.2, -0.15) is 8.78 Å². The van der Waals surface area contributed by atoms with Crippen LogP contribution in [0.3, 0.4) is 0 Å². The lowest BCUT2D eigenvalue weighted by Gasteiger charge is -2.13. The minimum atomic E-state index is -2.85. The molecule has 0 aromatic heterocycles. The van der Waals surface area contributed by atoms with Crippen LogP contribution < -0.4 is 10.1 Å². The maximum absolute atomic E-state index is 12.0. The topological polar surface area (TPSA) is 41.5 Å². The largest absolute Gasteiger partial charge is 0.433 e. The number of anilines is 1. The number of benzene rings is 1. The van der Waals surface area contributed by atoms with Crippen molar-refractivity contribution in [2.45, 2.75) is 19.6 Å². The molecule has 0 aliphatic heterocycles. The van der Waals surface area contributed by atoms with Gasteiger partial charge < -0.3 is 15.2 Å². The van der Waals surface area contributed by atoms with Gasteiger partial charge in [-0.25, -0.2) is 0 Å². The molecule has 0 unspecified atom stereocenters. The summed E-state index contributed by atoms with van der Waals surface area (Å²) >= 11 is 0. The first kappa shape index (κ1) is 11.7. The van der Waals surface area contributed by atoms with E-state index >= 15 is 0 Å². The summed E-state index contributed by atoms with van der Waals surface area (Å²) in [5.41, 5.74) is 0.443. The van der Waals surface area contributed by atoms with Crippen molar-refractivity contribution in [2.75, 3.05) is 11.9 Å². The standard InChI is InChI=1S/C10H13F2NO2/c1-7(14)6-13-8-4-2-3-5-9(8)15-10(11)12/h2-5,7,10,13-14H,6H2,1H3/t7-/m0/s1. The number of aliphatic hydroxyl groups excluding tert-OH is 1. The Hall–Kier alpha value is -1.36. The zero-order valence-electron chi connectivity index (χ0n) is 8.28. The van der Waals surface area contributed by atoms with Crippen molar-refractivity contribution < 1.29 is 18.6 Å². The first-order valence-electron chi connectivity index (χ1n) is 4.55. The zero-order chi connectivity index (χ0) is 11.3. The molecule has 1 atom stereocenters. The van der Waals surface area contributed by atoms with Crippen LogP contribution in [-0.2, 0) is 0 Å². The van der Waals surface area contributed by atoms with Crippen LogP contribution in [0.4, 0.5) is 14.5 Å². The summed E-state index contributed by atoms with van der Waals surface area (Å²) in [6, 6.07) is 6.35. The Bertz CT molecular complexity index is 305. The first-order chi connectivity index (χ1) is 7.09. The summed E-state index contributed by atoms with van der Waals surface area (Å²) in [6.07, 6.45) is -0.551. The molecule has 0 heterocycles. The summed E-state index contributed by atoms with van der Waals surface area (Å²) < 4.78 is 28.3. The molecule has 2 N–H and O–H groups in total. The minimum absolute atomic E-state index is 0.0770. The van der Waals surface area contributed by atoms with E-state index in [4.69, 9.17) is 5.11 Å². The Morgan fingerprint density at radius 1 is 1.40 bits per heavy atom. The van der Waals surface area contributed by atoms with Gasteiger partial charge in [-0.15, -0.1) is 0 Å². The van der Waals surface area contributed by atoms with E-state index in [-0.39, 0.29) is 12.3 Å². The van der Waals surface area contributed by atoms with Crippen molar-refractivity contribution >= 4 is 5.69 Å². The minimum Gasteiger partial charge on any atom is -0.433 e.